The summed E-state index contributed by atoms with van der Waals surface area (Å²) in [7, 11) is 1.84. The van der Waals surface area contributed by atoms with Crippen molar-refractivity contribution in [3.63, 3.8) is 0 Å². The molecule has 0 N–H and O–H groups in total. The summed E-state index contributed by atoms with van der Waals surface area (Å²) >= 11 is 0. The van der Waals surface area contributed by atoms with E-state index in [9.17, 15) is 13.2 Å². The van der Waals surface area contributed by atoms with Crippen LogP contribution >= 0.6 is 0 Å². The Kier molecular flexibility index (Phi) is 8.95. The van der Waals surface area contributed by atoms with Gasteiger partial charge < -0.3 is 9.64 Å². The molecule has 6 nitrogen and oxygen atoms in total. The van der Waals surface area contributed by atoms with Gasteiger partial charge in [0.05, 0.1) is 12.9 Å². The summed E-state index contributed by atoms with van der Waals surface area (Å²) in [5.74, 6) is -0.374. The fourth-order valence-electron chi connectivity index (χ4n) is 1.58. The van der Waals surface area contributed by atoms with E-state index in [0.29, 0.717) is 26.1 Å². The molecule has 0 saturated carbocycles. The molecule has 0 aromatic heterocycles. The Morgan fingerprint density at radius 1 is 1.16 bits per heavy atom. The minimum Gasteiger partial charge on any atom is -0.469 e. The van der Waals surface area contributed by atoms with Gasteiger partial charge in [0.1, 0.15) is 0 Å². The molecule has 7 heteroatoms. The highest BCUT2D eigenvalue weighted by atomic mass is 32.2. The number of hydrogen-bond acceptors (Lipinski definition) is 5. The molecule has 0 aliphatic heterocycles. The van der Waals surface area contributed by atoms with Gasteiger partial charge in [-0.3, -0.25) is 4.79 Å². The Hall–Kier alpha value is -0.660. The first-order valence-corrected chi connectivity index (χ1v) is 8.13. The predicted molar refractivity (Wildman–Crippen MR) is 75.5 cm³/mol. The van der Waals surface area contributed by atoms with Gasteiger partial charge in [-0.2, -0.15) is 0 Å². The Balaban J connectivity index is 4.39. The third kappa shape index (κ3) is 8.18. The lowest BCUT2D eigenvalue weighted by molar-refractivity contribution is -0.140. The number of rotatable bonds is 10. The zero-order chi connectivity index (χ0) is 14.9. The van der Waals surface area contributed by atoms with Crippen LogP contribution < -0.4 is 0 Å². The van der Waals surface area contributed by atoms with Crippen molar-refractivity contribution >= 4 is 16.0 Å². The van der Waals surface area contributed by atoms with Gasteiger partial charge in [0, 0.05) is 26.1 Å². The summed E-state index contributed by atoms with van der Waals surface area (Å²) in [5, 5.41) is 0. The van der Waals surface area contributed by atoms with Crippen LogP contribution in [0.4, 0.5) is 0 Å². The Morgan fingerprint density at radius 3 is 2.26 bits per heavy atom. The van der Waals surface area contributed by atoms with Crippen LogP contribution in [0.25, 0.3) is 0 Å². The van der Waals surface area contributed by atoms with Crippen LogP contribution in [0.15, 0.2) is 0 Å². The molecule has 0 heterocycles. The molecule has 0 radical (unpaired) electrons. The Labute approximate surface area is 116 Å². The smallest absolute Gasteiger partial charge is 0.305 e. The molecule has 114 valence electrons. The molecular weight excluding hydrogens is 268 g/mol. The number of sulfonamides is 1. The molecule has 19 heavy (non-hydrogen) atoms. The minimum absolute atomic E-state index is 0.00444. The normalized spacial score (nSPS) is 12.1. The molecular formula is C12H26N2O4S. The van der Waals surface area contributed by atoms with E-state index >= 15 is 0 Å². The molecule has 0 atom stereocenters. The molecule has 0 aliphatic rings. The van der Waals surface area contributed by atoms with Crippen molar-refractivity contribution in [3.8, 4) is 0 Å². The zero-order valence-corrected chi connectivity index (χ0v) is 13.2. The van der Waals surface area contributed by atoms with Crippen molar-refractivity contribution in [1.29, 1.82) is 0 Å². The average molecular weight is 294 g/mol. The van der Waals surface area contributed by atoms with E-state index in [-0.39, 0.29) is 18.1 Å². The summed E-state index contributed by atoms with van der Waals surface area (Å²) < 4.78 is 30.3. The van der Waals surface area contributed by atoms with E-state index in [4.69, 9.17) is 0 Å². The molecule has 0 amide bonds. The highest BCUT2D eigenvalue weighted by Gasteiger charge is 2.21. The summed E-state index contributed by atoms with van der Waals surface area (Å²) in [6.45, 7) is 3.65. The topological polar surface area (TPSA) is 66.9 Å². The largest absolute Gasteiger partial charge is 0.469 e. The van der Waals surface area contributed by atoms with Gasteiger partial charge in [0.2, 0.25) is 10.0 Å². The molecule has 0 rings (SSSR count). The molecule has 0 saturated heterocycles. The summed E-state index contributed by atoms with van der Waals surface area (Å²) in [4.78, 5) is 12.9. The lowest BCUT2D eigenvalue weighted by Gasteiger charge is -2.23. The number of hydrogen-bond donors (Lipinski definition) is 0. The molecule has 0 unspecified atom stereocenters. The second-order valence-corrected chi connectivity index (χ2v) is 6.79. The molecule has 0 aliphatic carbocycles. The fraction of sp³-hybridized carbons (Fsp3) is 0.917. The molecule has 0 fully saturated rings. The van der Waals surface area contributed by atoms with E-state index < -0.39 is 10.0 Å². The zero-order valence-electron chi connectivity index (χ0n) is 12.4. The highest BCUT2D eigenvalue weighted by molar-refractivity contribution is 7.89. The standard InChI is InChI=1S/C12H26N2O4S/c1-5-8-14(10-9-13(2)3)19(16,17)11-6-7-12(15)18-4/h5-11H2,1-4H3. The fourth-order valence-corrected chi connectivity index (χ4v) is 3.17. The van der Waals surface area contributed by atoms with Crippen molar-refractivity contribution in [3.05, 3.63) is 0 Å². The lowest BCUT2D eigenvalue weighted by Crippen LogP contribution is -2.38. The number of nitrogens with zero attached hydrogens (tertiary/aromatic N) is 2. The maximum atomic E-state index is 12.2. The van der Waals surface area contributed by atoms with Gasteiger partial charge >= 0.3 is 5.97 Å². The maximum Gasteiger partial charge on any atom is 0.305 e. The number of carbonyl (C=O) groups excluding carboxylic acids is 1. The van der Waals surface area contributed by atoms with Gasteiger partial charge in [0.15, 0.2) is 0 Å². The lowest BCUT2D eigenvalue weighted by atomic mass is 10.3. The number of likely N-dealkylation sites (N-methyl/N-ethyl adjacent to an activating group) is 1. The van der Waals surface area contributed by atoms with Crippen molar-refractivity contribution in [2.75, 3.05) is 46.6 Å². The van der Waals surface area contributed by atoms with Crippen LogP contribution in [-0.2, 0) is 19.6 Å². The number of ether oxygens (including phenoxy) is 1. The molecule has 0 bridgehead atoms. The van der Waals surface area contributed by atoms with Crippen molar-refractivity contribution < 1.29 is 17.9 Å². The van der Waals surface area contributed by atoms with E-state index in [0.717, 1.165) is 6.42 Å². The second kappa shape index (κ2) is 9.28. The summed E-state index contributed by atoms with van der Waals surface area (Å²) in [5.41, 5.74) is 0. The third-order valence-corrected chi connectivity index (χ3v) is 4.63. The van der Waals surface area contributed by atoms with Crippen LogP contribution in [0.3, 0.4) is 0 Å². The van der Waals surface area contributed by atoms with Crippen LogP contribution in [0, 0.1) is 0 Å². The van der Waals surface area contributed by atoms with Gasteiger partial charge in [-0.25, -0.2) is 12.7 Å². The SMILES string of the molecule is CCCN(CCN(C)C)S(=O)(=O)CCCC(=O)OC. The maximum absolute atomic E-state index is 12.2. The monoisotopic (exact) mass is 294 g/mol. The van der Waals surface area contributed by atoms with E-state index in [1.54, 1.807) is 0 Å². The minimum atomic E-state index is -3.29. The predicted octanol–water partition coefficient (Wildman–Crippen LogP) is 0.543. The van der Waals surface area contributed by atoms with Crippen molar-refractivity contribution in [2.45, 2.75) is 26.2 Å². The Morgan fingerprint density at radius 2 is 1.79 bits per heavy atom. The van der Waals surface area contributed by atoms with Crippen LogP contribution in [0.5, 0.6) is 0 Å². The Bertz CT molecular complexity index is 355. The van der Waals surface area contributed by atoms with E-state index in [1.807, 2.05) is 25.9 Å². The first-order chi connectivity index (χ1) is 8.83. The second-order valence-electron chi connectivity index (χ2n) is 4.70. The van der Waals surface area contributed by atoms with Gasteiger partial charge in [-0.05, 0) is 26.9 Å². The molecule has 0 aromatic carbocycles. The highest BCUT2D eigenvalue weighted by Crippen LogP contribution is 2.06. The van der Waals surface area contributed by atoms with Gasteiger partial charge in [-0.1, -0.05) is 6.92 Å². The first kappa shape index (κ1) is 18.3. The van der Waals surface area contributed by atoms with Gasteiger partial charge in [-0.15, -0.1) is 0 Å². The van der Waals surface area contributed by atoms with E-state index in [2.05, 4.69) is 4.74 Å². The number of carbonyl (C=O) groups is 1. The summed E-state index contributed by atoms with van der Waals surface area (Å²) in [6.07, 6.45) is 1.23. The van der Waals surface area contributed by atoms with Crippen molar-refractivity contribution in [2.24, 2.45) is 0 Å². The van der Waals surface area contributed by atoms with E-state index in [1.165, 1.54) is 11.4 Å². The van der Waals surface area contributed by atoms with Crippen LogP contribution in [0.1, 0.15) is 26.2 Å². The van der Waals surface area contributed by atoms with Gasteiger partial charge in [0.25, 0.3) is 0 Å². The van der Waals surface area contributed by atoms with Crippen LogP contribution in [0.2, 0.25) is 0 Å². The van der Waals surface area contributed by atoms with Crippen LogP contribution in [-0.4, -0.2) is 70.2 Å². The average Bonchev–Trinajstić information content (AvgIpc) is 2.33. The third-order valence-electron chi connectivity index (χ3n) is 2.67. The number of esters is 1. The molecule has 0 spiro atoms. The van der Waals surface area contributed by atoms with Crippen molar-refractivity contribution in [1.82, 2.24) is 9.21 Å². The summed E-state index contributed by atoms with van der Waals surface area (Å²) in [6, 6.07) is 0. The molecule has 0 aromatic rings. The quantitative estimate of drug-likeness (QED) is 0.550. The number of methoxy groups -OCH3 is 1. The first-order valence-electron chi connectivity index (χ1n) is 6.52.